The first-order valence-electron chi connectivity index (χ1n) is 7.05. The van der Waals surface area contributed by atoms with Crippen molar-refractivity contribution in [3.8, 4) is 0 Å². The van der Waals surface area contributed by atoms with Crippen LogP contribution in [0.4, 0.5) is 0 Å². The Balaban J connectivity index is 1.80. The van der Waals surface area contributed by atoms with E-state index in [4.69, 9.17) is 0 Å². The van der Waals surface area contributed by atoms with E-state index in [1.807, 2.05) is 0 Å². The van der Waals surface area contributed by atoms with Gasteiger partial charge in [0.1, 0.15) is 0 Å². The van der Waals surface area contributed by atoms with Crippen LogP contribution in [0.2, 0.25) is 0 Å². The van der Waals surface area contributed by atoms with Crippen LogP contribution in [0, 0.1) is 5.41 Å². The third kappa shape index (κ3) is 1.26. The summed E-state index contributed by atoms with van der Waals surface area (Å²) in [6.07, 6.45) is 24.7. The van der Waals surface area contributed by atoms with Crippen molar-refractivity contribution in [2.24, 2.45) is 5.41 Å². The van der Waals surface area contributed by atoms with E-state index >= 15 is 0 Å². The molecule has 0 bridgehead atoms. The molecule has 0 saturated heterocycles. The standard InChI is InChI=1S/C18H18/c1-4-9-16-14(6-1)10-11-17(16)18(12-5-13-18)15-7-2-3-8-15/h1-4,6-7,10-11H,5,8-9,12-13H2. The lowest BCUT2D eigenvalue weighted by atomic mass is 9.58. The summed E-state index contributed by atoms with van der Waals surface area (Å²) in [6.45, 7) is 0. The van der Waals surface area contributed by atoms with Gasteiger partial charge < -0.3 is 0 Å². The number of rotatable bonds is 2. The minimum Gasteiger partial charge on any atom is -0.0804 e. The van der Waals surface area contributed by atoms with E-state index in [0.717, 1.165) is 6.42 Å². The molecule has 4 aliphatic rings. The largest absolute Gasteiger partial charge is 0.0804 e. The molecule has 0 unspecified atom stereocenters. The fourth-order valence-corrected chi connectivity index (χ4v) is 3.82. The van der Waals surface area contributed by atoms with Crippen molar-refractivity contribution in [1.29, 1.82) is 0 Å². The van der Waals surface area contributed by atoms with Crippen LogP contribution < -0.4 is 0 Å². The smallest absolute Gasteiger partial charge is 0.0171 e. The van der Waals surface area contributed by atoms with Crippen molar-refractivity contribution in [1.82, 2.24) is 0 Å². The lowest BCUT2D eigenvalue weighted by Gasteiger charge is -2.45. The molecule has 0 heteroatoms. The summed E-state index contributed by atoms with van der Waals surface area (Å²) in [5.41, 5.74) is 6.70. The Kier molecular flexibility index (Phi) is 2.14. The molecule has 0 N–H and O–H groups in total. The monoisotopic (exact) mass is 234 g/mol. The van der Waals surface area contributed by atoms with Gasteiger partial charge in [0.25, 0.3) is 0 Å². The second-order valence-corrected chi connectivity index (χ2v) is 5.74. The molecule has 0 heterocycles. The Morgan fingerprint density at radius 3 is 2.44 bits per heavy atom. The molecular weight excluding hydrogens is 216 g/mol. The Bertz CT molecular complexity index is 569. The maximum absolute atomic E-state index is 2.40. The van der Waals surface area contributed by atoms with Crippen LogP contribution in [0.1, 0.15) is 32.1 Å². The molecule has 0 aromatic heterocycles. The van der Waals surface area contributed by atoms with Crippen LogP contribution in [0.5, 0.6) is 0 Å². The lowest BCUT2D eigenvalue weighted by molar-refractivity contribution is 0.240. The van der Waals surface area contributed by atoms with Crippen molar-refractivity contribution in [2.75, 3.05) is 0 Å². The predicted octanol–water partition coefficient (Wildman–Crippen LogP) is 4.80. The Morgan fingerprint density at radius 1 is 0.889 bits per heavy atom. The molecule has 0 radical (unpaired) electrons. The van der Waals surface area contributed by atoms with E-state index < -0.39 is 0 Å². The summed E-state index contributed by atoms with van der Waals surface area (Å²) in [7, 11) is 0. The van der Waals surface area contributed by atoms with E-state index in [1.165, 1.54) is 31.3 Å². The normalized spacial score (nSPS) is 27.1. The summed E-state index contributed by atoms with van der Waals surface area (Å²) in [5, 5.41) is 0. The lowest BCUT2D eigenvalue weighted by Crippen LogP contribution is -2.33. The van der Waals surface area contributed by atoms with Gasteiger partial charge in [0.05, 0.1) is 0 Å². The van der Waals surface area contributed by atoms with Crippen molar-refractivity contribution in [2.45, 2.75) is 32.1 Å². The molecule has 4 aliphatic carbocycles. The van der Waals surface area contributed by atoms with E-state index in [0.29, 0.717) is 5.41 Å². The average molecular weight is 234 g/mol. The summed E-state index contributed by atoms with van der Waals surface area (Å²) in [4.78, 5) is 0. The third-order valence-electron chi connectivity index (χ3n) is 4.95. The molecule has 0 aromatic carbocycles. The van der Waals surface area contributed by atoms with Crippen LogP contribution in [0.15, 0.2) is 70.9 Å². The molecular formula is C18H18. The van der Waals surface area contributed by atoms with Crippen molar-refractivity contribution in [3.63, 3.8) is 0 Å². The number of hydrogen-bond donors (Lipinski definition) is 0. The first-order chi connectivity index (χ1) is 8.90. The van der Waals surface area contributed by atoms with E-state index in [-0.39, 0.29) is 0 Å². The molecule has 0 aromatic rings. The maximum Gasteiger partial charge on any atom is 0.0171 e. The van der Waals surface area contributed by atoms with Gasteiger partial charge in [-0.1, -0.05) is 60.6 Å². The SMILES string of the molecule is C1=CCC(C2(C3=C4CC=CC=C4C=C3)CCC2)=C1. The van der Waals surface area contributed by atoms with Gasteiger partial charge in [-0.3, -0.25) is 0 Å². The van der Waals surface area contributed by atoms with Gasteiger partial charge >= 0.3 is 0 Å². The molecule has 4 rings (SSSR count). The number of hydrogen-bond acceptors (Lipinski definition) is 0. The highest BCUT2D eigenvalue weighted by Gasteiger charge is 2.44. The summed E-state index contributed by atoms with van der Waals surface area (Å²) in [6, 6.07) is 0. The minimum atomic E-state index is 0.385. The topological polar surface area (TPSA) is 0 Å². The second kappa shape index (κ2) is 3.71. The molecule has 90 valence electrons. The van der Waals surface area contributed by atoms with Gasteiger partial charge in [0.2, 0.25) is 0 Å². The van der Waals surface area contributed by atoms with Gasteiger partial charge in [-0.15, -0.1) is 0 Å². The number of fused-ring (bicyclic) bond motifs is 1. The fraction of sp³-hybridized carbons (Fsp3) is 0.333. The average Bonchev–Trinajstić information content (AvgIpc) is 2.98. The molecule has 0 nitrogen and oxygen atoms in total. The van der Waals surface area contributed by atoms with Crippen LogP contribution >= 0.6 is 0 Å². The van der Waals surface area contributed by atoms with E-state index in [9.17, 15) is 0 Å². The van der Waals surface area contributed by atoms with Crippen LogP contribution in [-0.2, 0) is 0 Å². The Hall–Kier alpha value is -1.56. The molecule has 18 heavy (non-hydrogen) atoms. The van der Waals surface area contributed by atoms with Gasteiger partial charge in [-0.05, 0) is 42.4 Å². The number of allylic oxidation sites excluding steroid dienone is 12. The van der Waals surface area contributed by atoms with Gasteiger partial charge in [0, 0.05) is 5.41 Å². The molecule has 1 saturated carbocycles. The predicted molar refractivity (Wildman–Crippen MR) is 76.1 cm³/mol. The Labute approximate surface area is 109 Å². The highest BCUT2D eigenvalue weighted by Crippen LogP contribution is 2.57. The zero-order valence-corrected chi connectivity index (χ0v) is 10.7. The van der Waals surface area contributed by atoms with Gasteiger partial charge in [-0.25, -0.2) is 0 Å². The van der Waals surface area contributed by atoms with Crippen molar-refractivity contribution in [3.05, 3.63) is 70.9 Å². The first kappa shape index (κ1) is 10.4. The highest BCUT2D eigenvalue weighted by atomic mass is 14.5. The minimum absolute atomic E-state index is 0.385. The Morgan fingerprint density at radius 2 is 1.72 bits per heavy atom. The second-order valence-electron chi connectivity index (χ2n) is 5.74. The van der Waals surface area contributed by atoms with Crippen LogP contribution in [0.3, 0.4) is 0 Å². The van der Waals surface area contributed by atoms with Crippen LogP contribution in [-0.4, -0.2) is 0 Å². The molecule has 1 fully saturated rings. The molecule has 0 amide bonds. The van der Waals surface area contributed by atoms with Gasteiger partial charge in [0.15, 0.2) is 0 Å². The molecule has 0 aliphatic heterocycles. The highest BCUT2D eigenvalue weighted by molar-refractivity contribution is 5.61. The third-order valence-corrected chi connectivity index (χ3v) is 4.95. The quantitative estimate of drug-likeness (QED) is 0.644. The molecule has 0 atom stereocenters. The van der Waals surface area contributed by atoms with E-state index in [2.05, 4.69) is 48.6 Å². The van der Waals surface area contributed by atoms with Crippen LogP contribution in [0.25, 0.3) is 0 Å². The van der Waals surface area contributed by atoms with Crippen molar-refractivity contribution < 1.29 is 0 Å². The zero-order chi connectivity index (χ0) is 12.0. The molecule has 0 spiro atoms. The summed E-state index contributed by atoms with van der Waals surface area (Å²) < 4.78 is 0. The van der Waals surface area contributed by atoms with E-state index in [1.54, 1.807) is 16.7 Å². The van der Waals surface area contributed by atoms with Crippen molar-refractivity contribution >= 4 is 0 Å². The summed E-state index contributed by atoms with van der Waals surface area (Å²) in [5.74, 6) is 0. The first-order valence-corrected chi connectivity index (χ1v) is 7.05. The summed E-state index contributed by atoms with van der Waals surface area (Å²) >= 11 is 0. The van der Waals surface area contributed by atoms with Gasteiger partial charge in [-0.2, -0.15) is 0 Å². The fourth-order valence-electron chi connectivity index (χ4n) is 3.82. The zero-order valence-electron chi connectivity index (χ0n) is 10.7. The maximum atomic E-state index is 2.40.